The topological polar surface area (TPSA) is 38.3 Å². The summed E-state index contributed by atoms with van der Waals surface area (Å²) in [5.41, 5.74) is 1.01. The number of hydrogen-bond acceptors (Lipinski definition) is 3. The van der Waals surface area contributed by atoms with Crippen LogP contribution in [0.1, 0.15) is 34.1 Å². The number of hydrogen-bond donors (Lipinski definition) is 1. The normalized spacial score (nSPS) is 12.9. The van der Waals surface area contributed by atoms with Crippen molar-refractivity contribution in [2.45, 2.75) is 40.2 Å². The van der Waals surface area contributed by atoms with Crippen LogP contribution in [0.2, 0.25) is 0 Å². The zero-order valence-electron chi connectivity index (χ0n) is 11.7. The highest BCUT2D eigenvalue weighted by Crippen LogP contribution is 2.23. The maximum Gasteiger partial charge on any atom is 0.328 e. The average molecular weight is 249 g/mol. The molecule has 3 heteroatoms. The summed E-state index contributed by atoms with van der Waals surface area (Å²) < 4.78 is 5.12. The van der Waals surface area contributed by atoms with Gasteiger partial charge < -0.3 is 10.1 Å². The molecule has 0 spiro atoms. The molecule has 0 aliphatic rings. The van der Waals surface area contributed by atoms with Crippen molar-refractivity contribution in [1.82, 2.24) is 0 Å². The van der Waals surface area contributed by atoms with Gasteiger partial charge in [0.2, 0.25) is 0 Å². The second kappa shape index (κ2) is 6.43. The Morgan fingerprint density at radius 2 is 1.89 bits per heavy atom. The van der Waals surface area contributed by atoms with Crippen molar-refractivity contribution in [1.29, 1.82) is 0 Å². The van der Waals surface area contributed by atoms with Crippen molar-refractivity contribution in [3.05, 3.63) is 30.3 Å². The first-order valence-electron chi connectivity index (χ1n) is 6.40. The van der Waals surface area contributed by atoms with E-state index in [1.54, 1.807) is 0 Å². The van der Waals surface area contributed by atoms with Crippen molar-refractivity contribution < 1.29 is 9.53 Å². The fourth-order valence-corrected chi connectivity index (χ4v) is 1.78. The molecule has 0 saturated heterocycles. The van der Waals surface area contributed by atoms with Crippen LogP contribution in [0, 0.1) is 5.41 Å². The number of esters is 1. The van der Waals surface area contributed by atoms with E-state index < -0.39 is 0 Å². The molecule has 1 N–H and O–H groups in total. The number of nitrogens with one attached hydrogen (secondary N) is 1. The molecule has 0 amide bonds. The Kier molecular flexibility index (Phi) is 5.20. The van der Waals surface area contributed by atoms with E-state index in [2.05, 4.69) is 26.1 Å². The Morgan fingerprint density at radius 3 is 2.39 bits per heavy atom. The summed E-state index contributed by atoms with van der Waals surface area (Å²) in [4.78, 5) is 11.9. The highest BCUT2D eigenvalue weighted by atomic mass is 16.5. The van der Waals surface area contributed by atoms with Crippen LogP contribution in [0.5, 0.6) is 0 Å². The minimum atomic E-state index is -0.299. The van der Waals surface area contributed by atoms with E-state index in [-0.39, 0.29) is 17.4 Å². The molecular formula is C15H23NO2. The number of anilines is 1. The molecule has 1 atom stereocenters. The summed E-state index contributed by atoms with van der Waals surface area (Å²) in [6, 6.07) is 9.45. The Morgan fingerprint density at radius 1 is 1.28 bits per heavy atom. The van der Waals surface area contributed by atoms with E-state index in [9.17, 15) is 4.79 Å². The largest absolute Gasteiger partial charge is 0.464 e. The molecule has 1 aromatic rings. The van der Waals surface area contributed by atoms with Crippen LogP contribution in [-0.4, -0.2) is 18.6 Å². The highest BCUT2D eigenvalue weighted by Gasteiger charge is 2.25. The average Bonchev–Trinajstić information content (AvgIpc) is 2.28. The minimum Gasteiger partial charge on any atom is -0.464 e. The van der Waals surface area contributed by atoms with Crippen LogP contribution in [0.4, 0.5) is 5.69 Å². The lowest BCUT2D eigenvalue weighted by Crippen LogP contribution is -2.35. The maximum atomic E-state index is 11.9. The Labute approximate surface area is 110 Å². The van der Waals surface area contributed by atoms with Gasteiger partial charge in [-0.05, 0) is 30.9 Å². The minimum absolute atomic E-state index is 0.0687. The standard InChI is InChI=1S/C15H23NO2/c1-5-18-14(17)13(11-15(2,3)4)16-12-9-7-6-8-10-12/h6-10,13,16H,5,11H2,1-4H3. The second-order valence-corrected chi connectivity index (χ2v) is 5.58. The Hall–Kier alpha value is -1.51. The number of carbonyl (C=O) groups excluding carboxylic acids is 1. The van der Waals surface area contributed by atoms with Crippen LogP contribution < -0.4 is 5.32 Å². The number of para-hydroxylation sites is 1. The van der Waals surface area contributed by atoms with E-state index >= 15 is 0 Å². The van der Waals surface area contributed by atoms with Gasteiger partial charge in [0.05, 0.1) is 6.61 Å². The molecule has 0 aliphatic carbocycles. The van der Waals surface area contributed by atoms with Gasteiger partial charge in [-0.3, -0.25) is 0 Å². The smallest absolute Gasteiger partial charge is 0.328 e. The van der Waals surface area contributed by atoms with Crippen molar-refractivity contribution in [2.75, 3.05) is 11.9 Å². The molecule has 0 fully saturated rings. The molecule has 0 bridgehead atoms. The fourth-order valence-electron chi connectivity index (χ4n) is 1.78. The van der Waals surface area contributed by atoms with Crippen LogP contribution >= 0.6 is 0 Å². The first kappa shape index (κ1) is 14.6. The van der Waals surface area contributed by atoms with E-state index in [0.29, 0.717) is 6.61 Å². The van der Waals surface area contributed by atoms with E-state index in [4.69, 9.17) is 4.74 Å². The molecule has 1 unspecified atom stereocenters. The van der Waals surface area contributed by atoms with Gasteiger partial charge in [-0.1, -0.05) is 39.0 Å². The number of carbonyl (C=O) groups is 1. The summed E-state index contributed by atoms with van der Waals surface area (Å²) >= 11 is 0. The third-order valence-corrected chi connectivity index (χ3v) is 2.50. The number of rotatable bonds is 5. The molecule has 1 rings (SSSR count). The Bertz CT molecular complexity index is 368. The van der Waals surface area contributed by atoms with Crippen LogP contribution in [0.15, 0.2) is 30.3 Å². The summed E-state index contributed by atoms with van der Waals surface area (Å²) in [6.07, 6.45) is 0.737. The van der Waals surface area contributed by atoms with Crippen molar-refractivity contribution in [2.24, 2.45) is 5.41 Å². The molecule has 0 heterocycles. The maximum absolute atomic E-state index is 11.9. The predicted molar refractivity (Wildman–Crippen MR) is 74.6 cm³/mol. The quantitative estimate of drug-likeness (QED) is 0.812. The van der Waals surface area contributed by atoms with Gasteiger partial charge in [0.25, 0.3) is 0 Å². The highest BCUT2D eigenvalue weighted by molar-refractivity contribution is 5.79. The van der Waals surface area contributed by atoms with E-state index in [1.165, 1.54) is 0 Å². The van der Waals surface area contributed by atoms with E-state index in [1.807, 2.05) is 37.3 Å². The lowest BCUT2D eigenvalue weighted by atomic mass is 9.88. The molecule has 18 heavy (non-hydrogen) atoms. The van der Waals surface area contributed by atoms with Crippen molar-refractivity contribution in [3.63, 3.8) is 0 Å². The van der Waals surface area contributed by atoms with Gasteiger partial charge in [-0.2, -0.15) is 0 Å². The summed E-state index contributed by atoms with van der Waals surface area (Å²) in [7, 11) is 0. The lowest BCUT2D eigenvalue weighted by Gasteiger charge is -2.26. The van der Waals surface area contributed by atoms with Gasteiger partial charge in [0, 0.05) is 5.69 Å². The Balaban J connectivity index is 2.74. The number of ether oxygens (including phenoxy) is 1. The third kappa shape index (κ3) is 5.21. The lowest BCUT2D eigenvalue weighted by molar-refractivity contribution is -0.144. The third-order valence-electron chi connectivity index (χ3n) is 2.50. The SMILES string of the molecule is CCOC(=O)C(CC(C)(C)C)Nc1ccccc1. The monoisotopic (exact) mass is 249 g/mol. The van der Waals surface area contributed by atoms with Crippen LogP contribution in [-0.2, 0) is 9.53 Å². The van der Waals surface area contributed by atoms with Crippen LogP contribution in [0.25, 0.3) is 0 Å². The predicted octanol–water partition coefficient (Wildman–Crippen LogP) is 3.47. The van der Waals surface area contributed by atoms with Crippen molar-refractivity contribution >= 4 is 11.7 Å². The van der Waals surface area contributed by atoms with Crippen LogP contribution in [0.3, 0.4) is 0 Å². The molecular weight excluding hydrogens is 226 g/mol. The molecule has 0 radical (unpaired) electrons. The molecule has 1 aromatic carbocycles. The van der Waals surface area contributed by atoms with Gasteiger partial charge in [-0.15, -0.1) is 0 Å². The van der Waals surface area contributed by atoms with Gasteiger partial charge in [0.1, 0.15) is 6.04 Å². The second-order valence-electron chi connectivity index (χ2n) is 5.58. The van der Waals surface area contributed by atoms with E-state index in [0.717, 1.165) is 12.1 Å². The molecule has 0 aromatic heterocycles. The molecule has 0 saturated carbocycles. The summed E-state index contributed by atoms with van der Waals surface area (Å²) in [5, 5.41) is 3.25. The molecule has 3 nitrogen and oxygen atoms in total. The molecule has 100 valence electrons. The first-order chi connectivity index (χ1) is 8.42. The fraction of sp³-hybridized carbons (Fsp3) is 0.533. The summed E-state index contributed by atoms with van der Waals surface area (Å²) in [6.45, 7) is 8.59. The molecule has 0 aliphatic heterocycles. The zero-order chi connectivity index (χ0) is 13.6. The zero-order valence-corrected chi connectivity index (χ0v) is 11.7. The van der Waals surface area contributed by atoms with Gasteiger partial charge >= 0.3 is 5.97 Å². The van der Waals surface area contributed by atoms with Gasteiger partial charge in [-0.25, -0.2) is 4.79 Å². The van der Waals surface area contributed by atoms with Crippen molar-refractivity contribution in [3.8, 4) is 0 Å². The van der Waals surface area contributed by atoms with Gasteiger partial charge in [0.15, 0.2) is 0 Å². The number of benzene rings is 1. The first-order valence-corrected chi connectivity index (χ1v) is 6.40. The summed E-state index contributed by atoms with van der Waals surface area (Å²) in [5.74, 6) is -0.184.